The predicted octanol–water partition coefficient (Wildman–Crippen LogP) is 3.34. The first-order chi connectivity index (χ1) is 14.9. The molecule has 0 radical (unpaired) electrons. The van der Waals surface area contributed by atoms with E-state index in [0.29, 0.717) is 48.1 Å². The Balaban J connectivity index is 1.73. The molecule has 0 unspecified atom stereocenters. The van der Waals surface area contributed by atoms with E-state index in [1.165, 1.54) is 6.07 Å². The number of anilines is 1. The van der Waals surface area contributed by atoms with Gasteiger partial charge in [0.2, 0.25) is 0 Å². The number of β-amino-alcohol motifs (C(OH)–C–C–N with tert-alkyl or cyclic N) is 1. The molecule has 1 N–H and O–H groups in total. The number of alkyl halides is 3. The van der Waals surface area contributed by atoms with Crippen LogP contribution in [0.2, 0.25) is 0 Å². The van der Waals surface area contributed by atoms with Gasteiger partial charge in [0.05, 0.1) is 17.9 Å². The molecule has 4 rings (SSSR count). The van der Waals surface area contributed by atoms with Crippen molar-refractivity contribution in [2.24, 2.45) is 0 Å². The third kappa shape index (κ3) is 5.00. The highest BCUT2D eigenvalue weighted by molar-refractivity contribution is 5.68. The Hall–Kier alpha value is -3.04. The van der Waals surface area contributed by atoms with Crippen LogP contribution in [0.3, 0.4) is 0 Å². The Bertz CT molecular complexity index is 1020. The van der Waals surface area contributed by atoms with Gasteiger partial charge in [0.1, 0.15) is 5.82 Å². The minimum absolute atomic E-state index is 0.109. The number of piperazine rings is 1. The summed E-state index contributed by atoms with van der Waals surface area (Å²) in [7, 11) is 0. The Morgan fingerprint density at radius 1 is 0.935 bits per heavy atom. The maximum Gasteiger partial charge on any atom is 0.416 e. The Kier molecular flexibility index (Phi) is 6.15. The van der Waals surface area contributed by atoms with Gasteiger partial charge in [-0.25, -0.2) is 9.97 Å². The van der Waals surface area contributed by atoms with Gasteiger partial charge in [0, 0.05) is 62.3 Å². The van der Waals surface area contributed by atoms with Crippen LogP contribution in [0.4, 0.5) is 19.0 Å². The number of hydrogen-bond donors (Lipinski definition) is 1. The lowest BCUT2D eigenvalue weighted by Gasteiger charge is -2.35. The van der Waals surface area contributed by atoms with E-state index in [0.717, 1.165) is 25.2 Å². The molecule has 1 saturated heterocycles. The molecule has 9 heteroatoms. The maximum absolute atomic E-state index is 13.2. The van der Waals surface area contributed by atoms with Gasteiger partial charge < -0.3 is 10.0 Å². The topological polar surface area (TPSA) is 65.4 Å². The van der Waals surface area contributed by atoms with Gasteiger partial charge in [-0.05, 0) is 24.3 Å². The van der Waals surface area contributed by atoms with Gasteiger partial charge in [-0.1, -0.05) is 12.1 Å². The van der Waals surface area contributed by atoms with E-state index in [4.69, 9.17) is 5.11 Å². The lowest BCUT2D eigenvalue weighted by Crippen LogP contribution is -2.47. The monoisotopic (exact) mass is 429 g/mol. The van der Waals surface area contributed by atoms with Crippen molar-refractivity contribution in [3.05, 3.63) is 60.4 Å². The maximum atomic E-state index is 13.2. The van der Waals surface area contributed by atoms with Crippen molar-refractivity contribution in [2.45, 2.75) is 6.18 Å². The summed E-state index contributed by atoms with van der Waals surface area (Å²) < 4.78 is 39.7. The number of nitrogens with zero attached hydrogens (tertiary/aromatic N) is 5. The number of aliphatic hydroxyl groups excluding tert-OH is 1. The SMILES string of the molecule is OCCN1CCN(c2cc(-c3cccc(C(F)(F)F)c3)nc(-c3cccnc3)n2)CC1. The summed E-state index contributed by atoms with van der Waals surface area (Å²) in [5.74, 6) is 1.07. The van der Waals surface area contributed by atoms with Crippen LogP contribution in [0, 0.1) is 0 Å². The summed E-state index contributed by atoms with van der Waals surface area (Å²) in [5, 5.41) is 9.14. The van der Waals surface area contributed by atoms with Crippen LogP contribution in [0.25, 0.3) is 22.6 Å². The molecule has 0 saturated carbocycles. The summed E-state index contributed by atoms with van der Waals surface area (Å²) in [5.41, 5.74) is 0.775. The molecule has 3 heterocycles. The van der Waals surface area contributed by atoms with E-state index in [9.17, 15) is 13.2 Å². The van der Waals surface area contributed by atoms with Crippen molar-refractivity contribution in [2.75, 3.05) is 44.2 Å². The summed E-state index contributed by atoms with van der Waals surface area (Å²) in [6.07, 6.45) is -1.16. The van der Waals surface area contributed by atoms with Crippen molar-refractivity contribution < 1.29 is 18.3 Å². The van der Waals surface area contributed by atoms with E-state index in [-0.39, 0.29) is 6.61 Å². The van der Waals surface area contributed by atoms with Crippen LogP contribution in [0.15, 0.2) is 54.9 Å². The highest BCUT2D eigenvalue weighted by Crippen LogP contribution is 2.33. The molecule has 3 aromatic rings. The van der Waals surface area contributed by atoms with E-state index < -0.39 is 11.7 Å². The van der Waals surface area contributed by atoms with Gasteiger partial charge >= 0.3 is 6.18 Å². The molecule has 31 heavy (non-hydrogen) atoms. The molecule has 6 nitrogen and oxygen atoms in total. The fraction of sp³-hybridized carbons (Fsp3) is 0.318. The first-order valence-electron chi connectivity index (χ1n) is 9.99. The molecule has 1 aliphatic heterocycles. The lowest BCUT2D eigenvalue weighted by molar-refractivity contribution is -0.137. The van der Waals surface area contributed by atoms with Crippen LogP contribution < -0.4 is 4.90 Å². The Morgan fingerprint density at radius 2 is 1.71 bits per heavy atom. The highest BCUT2D eigenvalue weighted by Gasteiger charge is 2.30. The molecule has 0 bridgehead atoms. The summed E-state index contributed by atoms with van der Waals surface area (Å²) in [6.45, 7) is 3.67. The minimum atomic E-state index is -4.43. The lowest BCUT2D eigenvalue weighted by atomic mass is 10.1. The number of rotatable bonds is 5. The summed E-state index contributed by atoms with van der Waals surface area (Å²) in [4.78, 5) is 17.6. The zero-order valence-electron chi connectivity index (χ0n) is 16.8. The average molecular weight is 429 g/mol. The molecule has 1 fully saturated rings. The first-order valence-corrected chi connectivity index (χ1v) is 9.99. The zero-order valence-corrected chi connectivity index (χ0v) is 16.8. The number of aliphatic hydroxyl groups is 1. The minimum Gasteiger partial charge on any atom is -0.395 e. The first kappa shape index (κ1) is 21.2. The number of halogens is 3. The molecule has 0 spiro atoms. The number of pyridine rings is 1. The molecule has 0 atom stereocenters. The molecule has 0 aliphatic carbocycles. The van der Waals surface area contributed by atoms with Crippen LogP contribution >= 0.6 is 0 Å². The van der Waals surface area contributed by atoms with Gasteiger partial charge in [-0.2, -0.15) is 13.2 Å². The highest BCUT2D eigenvalue weighted by atomic mass is 19.4. The molecule has 1 aliphatic rings. The Morgan fingerprint density at radius 3 is 2.39 bits per heavy atom. The second-order valence-electron chi connectivity index (χ2n) is 7.31. The van der Waals surface area contributed by atoms with E-state index in [2.05, 4.69) is 24.8 Å². The van der Waals surface area contributed by atoms with E-state index in [1.54, 1.807) is 30.6 Å². The second kappa shape index (κ2) is 8.99. The summed E-state index contributed by atoms with van der Waals surface area (Å²) in [6, 6.07) is 10.5. The van der Waals surface area contributed by atoms with Gasteiger partial charge in [-0.3, -0.25) is 9.88 Å². The van der Waals surface area contributed by atoms with Crippen LogP contribution in [-0.2, 0) is 6.18 Å². The molecular formula is C22H22F3N5O. The van der Waals surface area contributed by atoms with Crippen molar-refractivity contribution in [1.82, 2.24) is 19.9 Å². The van der Waals surface area contributed by atoms with Crippen molar-refractivity contribution >= 4 is 5.82 Å². The smallest absolute Gasteiger partial charge is 0.395 e. The predicted molar refractivity (Wildman–Crippen MR) is 111 cm³/mol. The fourth-order valence-corrected chi connectivity index (χ4v) is 3.57. The fourth-order valence-electron chi connectivity index (χ4n) is 3.57. The van der Waals surface area contributed by atoms with Crippen LogP contribution in [0.1, 0.15) is 5.56 Å². The van der Waals surface area contributed by atoms with Crippen molar-refractivity contribution in [3.8, 4) is 22.6 Å². The van der Waals surface area contributed by atoms with Crippen LogP contribution in [-0.4, -0.2) is 64.3 Å². The summed E-state index contributed by atoms with van der Waals surface area (Å²) >= 11 is 0. The third-order valence-corrected chi connectivity index (χ3v) is 5.23. The average Bonchev–Trinajstić information content (AvgIpc) is 2.80. The quantitative estimate of drug-likeness (QED) is 0.671. The van der Waals surface area contributed by atoms with Gasteiger partial charge in [0.25, 0.3) is 0 Å². The number of aromatic nitrogens is 3. The molecular weight excluding hydrogens is 407 g/mol. The van der Waals surface area contributed by atoms with Gasteiger partial charge in [0.15, 0.2) is 5.82 Å². The van der Waals surface area contributed by atoms with Crippen molar-refractivity contribution in [3.63, 3.8) is 0 Å². The molecule has 1 aromatic carbocycles. The third-order valence-electron chi connectivity index (χ3n) is 5.23. The van der Waals surface area contributed by atoms with E-state index >= 15 is 0 Å². The van der Waals surface area contributed by atoms with Crippen LogP contribution in [0.5, 0.6) is 0 Å². The number of hydrogen-bond acceptors (Lipinski definition) is 6. The zero-order chi connectivity index (χ0) is 21.8. The molecule has 2 aromatic heterocycles. The largest absolute Gasteiger partial charge is 0.416 e. The normalized spacial score (nSPS) is 15.3. The Labute approximate surface area is 178 Å². The molecule has 162 valence electrons. The van der Waals surface area contributed by atoms with E-state index in [1.807, 2.05) is 6.07 Å². The number of benzene rings is 1. The van der Waals surface area contributed by atoms with Gasteiger partial charge in [-0.15, -0.1) is 0 Å². The standard InChI is InChI=1S/C22H22F3N5O/c23-22(24,25)18-5-1-3-16(13-18)19-14-20(30-9-7-29(8-10-30)11-12-31)28-21(27-19)17-4-2-6-26-15-17/h1-6,13-15,31H,7-12H2. The van der Waals surface area contributed by atoms with Crippen molar-refractivity contribution in [1.29, 1.82) is 0 Å². The second-order valence-corrected chi connectivity index (χ2v) is 7.31. The molecule has 0 amide bonds.